The van der Waals surface area contributed by atoms with Crippen molar-refractivity contribution >= 4 is 45.6 Å². The third kappa shape index (κ3) is 4.32. The third-order valence-electron chi connectivity index (χ3n) is 5.27. The van der Waals surface area contributed by atoms with E-state index in [2.05, 4.69) is 15.0 Å². The van der Waals surface area contributed by atoms with Crippen LogP contribution >= 0.6 is 34.5 Å². The van der Waals surface area contributed by atoms with Gasteiger partial charge in [0.2, 0.25) is 10.8 Å². The summed E-state index contributed by atoms with van der Waals surface area (Å²) in [6.07, 6.45) is 0.378. The van der Waals surface area contributed by atoms with Crippen LogP contribution in [-0.2, 0) is 11.2 Å². The first kappa shape index (κ1) is 22.1. The lowest BCUT2D eigenvalue weighted by Gasteiger charge is -2.38. The van der Waals surface area contributed by atoms with Crippen molar-refractivity contribution in [3.05, 3.63) is 44.5 Å². The molecule has 0 radical (unpaired) electrons. The van der Waals surface area contributed by atoms with E-state index in [1.54, 1.807) is 24.0 Å². The van der Waals surface area contributed by atoms with Crippen molar-refractivity contribution < 1.29 is 14.6 Å². The SMILES string of the molecule is CCOC(=O)N1CCN(C(c2ccc(Cl)cc2Cl)c2sc3nc(CC)nn3c2O)CC1. The molecule has 4 rings (SSSR count). The molecular formula is C20H23Cl2N5O3S. The molecule has 3 heterocycles. The van der Waals surface area contributed by atoms with Crippen LogP contribution in [0.25, 0.3) is 4.96 Å². The Balaban J connectivity index is 1.70. The van der Waals surface area contributed by atoms with Crippen LogP contribution in [0.1, 0.15) is 36.2 Å². The molecule has 1 amide bonds. The maximum absolute atomic E-state index is 12.1. The topological polar surface area (TPSA) is 83.2 Å². The van der Waals surface area contributed by atoms with E-state index in [-0.39, 0.29) is 18.0 Å². The molecule has 1 N–H and O–H groups in total. The van der Waals surface area contributed by atoms with E-state index in [9.17, 15) is 9.90 Å². The van der Waals surface area contributed by atoms with E-state index >= 15 is 0 Å². The molecule has 1 unspecified atom stereocenters. The van der Waals surface area contributed by atoms with E-state index in [1.807, 2.05) is 13.0 Å². The summed E-state index contributed by atoms with van der Waals surface area (Å²) in [6, 6.07) is 5.03. The Hall–Kier alpha value is -2.07. The smallest absolute Gasteiger partial charge is 0.409 e. The number of hydrogen-bond donors (Lipinski definition) is 1. The highest BCUT2D eigenvalue weighted by Crippen LogP contribution is 2.42. The Morgan fingerprint density at radius 1 is 1.26 bits per heavy atom. The van der Waals surface area contributed by atoms with Gasteiger partial charge in [-0.05, 0) is 24.6 Å². The van der Waals surface area contributed by atoms with Crippen LogP contribution in [0.3, 0.4) is 0 Å². The molecule has 0 bridgehead atoms. The third-order valence-corrected chi connectivity index (χ3v) is 6.91. The van der Waals surface area contributed by atoms with E-state index in [1.165, 1.54) is 15.9 Å². The van der Waals surface area contributed by atoms with E-state index in [0.29, 0.717) is 64.9 Å². The quantitative estimate of drug-likeness (QED) is 0.584. The monoisotopic (exact) mass is 483 g/mol. The normalized spacial score (nSPS) is 16.1. The molecule has 0 spiro atoms. The Labute approximate surface area is 193 Å². The van der Waals surface area contributed by atoms with Gasteiger partial charge >= 0.3 is 6.09 Å². The van der Waals surface area contributed by atoms with Crippen molar-refractivity contribution in [2.75, 3.05) is 32.8 Å². The van der Waals surface area contributed by atoms with Gasteiger partial charge in [-0.3, -0.25) is 4.90 Å². The first-order valence-electron chi connectivity index (χ1n) is 10.1. The lowest BCUT2D eigenvalue weighted by molar-refractivity contribution is 0.0715. The van der Waals surface area contributed by atoms with Gasteiger partial charge in [0, 0.05) is 42.6 Å². The van der Waals surface area contributed by atoms with Gasteiger partial charge in [-0.15, -0.1) is 5.10 Å². The zero-order chi connectivity index (χ0) is 22.1. The van der Waals surface area contributed by atoms with Gasteiger partial charge in [-0.1, -0.05) is 47.5 Å². The number of carbonyl (C=O) groups is 1. The highest BCUT2D eigenvalue weighted by atomic mass is 35.5. The predicted molar refractivity (Wildman–Crippen MR) is 120 cm³/mol. The molecule has 1 aromatic carbocycles. The van der Waals surface area contributed by atoms with Crippen molar-refractivity contribution in [1.82, 2.24) is 24.4 Å². The lowest BCUT2D eigenvalue weighted by Crippen LogP contribution is -2.50. The fraction of sp³-hybridized carbons (Fsp3) is 0.450. The van der Waals surface area contributed by atoms with Crippen molar-refractivity contribution in [2.24, 2.45) is 0 Å². The number of fused-ring (bicyclic) bond motifs is 1. The van der Waals surface area contributed by atoms with E-state index in [4.69, 9.17) is 27.9 Å². The van der Waals surface area contributed by atoms with Gasteiger partial charge in [0.1, 0.15) is 0 Å². The summed E-state index contributed by atoms with van der Waals surface area (Å²) in [5, 5.41) is 16.4. The minimum atomic E-state index is -0.326. The molecule has 1 aliphatic heterocycles. The predicted octanol–water partition coefficient (Wildman–Crippen LogP) is 4.23. The molecule has 31 heavy (non-hydrogen) atoms. The van der Waals surface area contributed by atoms with Gasteiger partial charge < -0.3 is 14.7 Å². The molecule has 166 valence electrons. The fourth-order valence-electron chi connectivity index (χ4n) is 3.72. The molecule has 2 aromatic heterocycles. The molecule has 3 aromatic rings. The van der Waals surface area contributed by atoms with Crippen LogP contribution in [-0.4, -0.2) is 68.4 Å². The van der Waals surface area contributed by atoms with Gasteiger partial charge in [-0.25, -0.2) is 9.78 Å². The van der Waals surface area contributed by atoms with Crippen molar-refractivity contribution in [2.45, 2.75) is 26.3 Å². The van der Waals surface area contributed by atoms with Crippen molar-refractivity contribution in [3.63, 3.8) is 0 Å². The average molecular weight is 484 g/mol. The minimum absolute atomic E-state index is 0.0519. The van der Waals surface area contributed by atoms with Gasteiger partial charge in [-0.2, -0.15) is 4.52 Å². The summed E-state index contributed by atoms with van der Waals surface area (Å²) in [5.74, 6) is 0.730. The van der Waals surface area contributed by atoms with Gasteiger partial charge in [0.15, 0.2) is 5.82 Å². The molecule has 0 saturated carbocycles. The fourth-order valence-corrected chi connectivity index (χ4v) is 5.36. The number of aryl methyl sites for hydroxylation is 1. The molecule has 0 aliphatic carbocycles. The summed E-state index contributed by atoms with van der Waals surface area (Å²) < 4.78 is 6.60. The molecule has 1 aliphatic rings. The second-order valence-corrected chi connectivity index (χ2v) is 9.01. The summed E-state index contributed by atoms with van der Waals surface area (Å²) >= 11 is 14.1. The molecule has 8 nitrogen and oxygen atoms in total. The van der Waals surface area contributed by atoms with E-state index < -0.39 is 0 Å². The van der Waals surface area contributed by atoms with Crippen LogP contribution in [0.5, 0.6) is 5.88 Å². The Kier molecular flexibility index (Phi) is 6.57. The van der Waals surface area contributed by atoms with Crippen LogP contribution < -0.4 is 0 Å². The number of amides is 1. The number of thiazole rings is 1. The molecular weight excluding hydrogens is 461 g/mol. The van der Waals surface area contributed by atoms with Crippen LogP contribution in [0.4, 0.5) is 4.79 Å². The molecule has 1 atom stereocenters. The van der Waals surface area contributed by atoms with Crippen LogP contribution in [0.2, 0.25) is 10.0 Å². The first-order chi connectivity index (χ1) is 14.9. The highest BCUT2D eigenvalue weighted by molar-refractivity contribution is 7.17. The second-order valence-electron chi connectivity index (χ2n) is 7.16. The standard InChI is InChI=1S/C20H23Cl2N5O3S/c1-3-15-23-19-27(24-15)18(28)17(31-19)16(13-6-5-12(21)11-14(13)22)25-7-9-26(10-8-25)20(29)30-4-2/h5-6,11,16,28H,3-4,7-10H2,1-2H3. The summed E-state index contributed by atoms with van der Waals surface area (Å²) in [7, 11) is 0. The van der Waals surface area contributed by atoms with Crippen molar-refractivity contribution in [3.8, 4) is 5.88 Å². The Bertz CT molecular complexity index is 1090. The number of piperazine rings is 1. The van der Waals surface area contributed by atoms with E-state index in [0.717, 1.165) is 5.56 Å². The number of ether oxygens (including phenoxy) is 1. The number of carbonyl (C=O) groups excluding carboxylic acids is 1. The Morgan fingerprint density at radius 3 is 2.61 bits per heavy atom. The van der Waals surface area contributed by atoms with Crippen molar-refractivity contribution in [1.29, 1.82) is 0 Å². The largest absolute Gasteiger partial charge is 0.492 e. The number of aromatic hydroxyl groups is 1. The van der Waals surface area contributed by atoms with Crippen LogP contribution in [0, 0.1) is 0 Å². The summed E-state index contributed by atoms with van der Waals surface area (Å²) in [4.78, 5) is 21.8. The minimum Gasteiger partial charge on any atom is -0.492 e. The number of benzene rings is 1. The summed E-state index contributed by atoms with van der Waals surface area (Å²) in [5.41, 5.74) is 0.825. The molecule has 1 fully saturated rings. The van der Waals surface area contributed by atoms with Gasteiger partial charge in [0.25, 0.3) is 0 Å². The highest BCUT2D eigenvalue weighted by Gasteiger charge is 2.34. The zero-order valence-electron chi connectivity index (χ0n) is 17.2. The van der Waals surface area contributed by atoms with Crippen LogP contribution in [0.15, 0.2) is 18.2 Å². The zero-order valence-corrected chi connectivity index (χ0v) is 19.5. The second kappa shape index (κ2) is 9.20. The number of nitrogens with zero attached hydrogens (tertiary/aromatic N) is 5. The number of halogens is 2. The maximum Gasteiger partial charge on any atom is 0.409 e. The number of hydrogen-bond acceptors (Lipinski definition) is 7. The summed E-state index contributed by atoms with van der Waals surface area (Å²) in [6.45, 7) is 6.32. The molecule has 11 heteroatoms. The van der Waals surface area contributed by atoms with Gasteiger partial charge in [0.05, 0.1) is 17.5 Å². The lowest BCUT2D eigenvalue weighted by atomic mass is 10.0. The number of aromatic nitrogens is 3. The number of rotatable bonds is 5. The maximum atomic E-state index is 12.1. The average Bonchev–Trinajstić information content (AvgIpc) is 3.29. The first-order valence-corrected chi connectivity index (χ1v) is 11.7. The Morgan fingerprint density at radius 2 is 2.00 bits per heavy atom. The molecule has 1 saturated heterocycles.